The second kappa shape index (κ2) is 7.04. The molecule has 0 aromatic heterocycles. The predicted molar refractivity (Wildman–Crippen MR) is 82.5 cm³/mol. The van der Waals surface area contributed by atoms with Crippen molar-refractivity contribution in [2.45, 2.75) is 25.3 Å². The number of hydrogen-bond acceptors (Lipinski definition) is 4. The van der Waals surface area contributed by atoms with Crippen molar-refractivity contribution >= 4 is 15.7 Å². The first-order chi connectivity index (χ1) is 9.98. The summed E-state index contributed by atoms with van der Waals surface area (Å²) in [5, 5.41) is 0. The number of benzene rings is 1. The summed E-state index contributed by atoms with van der Waals surface area (Å²) in [6.45, 7) is 0.834. The van der Waals surface area contributed by atoms with E-state index in [9.17, 15) is 13.2 Å². The molecule has 1 saturated heterocycles. The Morgan fingerprint density at radius 1 is 1.19 bits per heavy atom. The highest BCUT2D eigenvalue weighted by Gasteiger charge is 2.22. The summed E-state index contributed by atoms with van der Waals surface area (Å²) >= 11 is 0. The maximum absolute atomic E-state index is 12.2. The summed E-state index contributed by atoms with van der Waals surface area (Å²) in [6.07, 6.45) is 1.46. The van der Waals surface area contributed by atoms with Crippen LogP contribution in [0.25, 0.3) is 0 Å². The lowest BCUT2D eigenvalue weighted by atomic mass is 10.0. The van der Waals surface area contributed by atoms with Gasteiger partial charge in [-0.05, 0) is 18.4 Å². The molecule has 1 atom stereocenters. The van der Waals surface area contributed by atoms with E-state index in [1.54, 1.807) is 4.90 Å². The molecular formula is C15H22N2O3S. The maximum atomic E-state index is 12.2. The van der Waals surface area contributed by atoms with Gasteiger partial charge in [0.25, 0.3) is 0 Å². The predicted octanol–water partition coefficient (Wildman–Crippen LogP) is 1.11. The van der Waals surface area contributed by atoms with Crippen molar-refractivity contribution < 1.29 is 13.2 Å². The first-order valence-electron chi connectivity index (χ1n) is 7.27. The molecule has 2 N–H and O–H groups in total. The Hall–Kier alpha value is -1.40. The zero-order valence-corrected chi connectivity index (χ0v) is 12.9. The summed E-state index contributed by atoms with van der Waals surface area (Å²) in [7, 11) is -2.98. The number of rotatable bonds is 4. The third kappa shape index (κ3) is 4.82. The Morgan fingerprint density at radius 3 is 2.62 bits per heavy atom. The van der Waals surface area contributed by atoms with Gasteiger partial charge in [-0.2, -0.15) is 0 Å². The van der Waals surface area contributed by atoms with Crippen LogP contribution in [0.2, 0.25) is 0 Å². The van der Waals surface area contributed by atoms with Crippen molar-refractivity contribution in [2.24, 2.45) is 5.73 Å². The smallest absolute Gasteiger partial charge is 0.222 e. The molecule has 1 amide bonds. The second-order valence-corrected chi connectivity index (χ2v) is 7.75. The molecule has 5 nitrogen and oxygen atoms in total. The van der Waals surface area contributed by atoms with Gasteiger partial charge in [-0.25, -0.2) is 8.42 Å². The highest BCUT2D eigenvalue weighted by atomic mass is 32.2. The molecule has 116 valence electrons. The third-order valence-electron chi connectivity index (χ3n) is 3.81. The Kier molecular flexibility index (Phi) is 5.36. The van der Waals surface area contributed by atoms with Crippen LogP contribution in [0.3, 0.4) is 0 Å². The average molecular weight is 310 g/mol. The van der Waals surface area contributed by atoms with Crippen molar-refractivity contribution in [1.82, 2.24) is 4.90 Å². The maximum Gasteiger partial charge on any atom is 0.222 e. The van der Waals surface area contributed by atoms with E-state index in [-0.39, 0.29) is 23.5 Å². The average Bonchev–Trinajstić information content (AvgIpc) is 2.66. The van der Waals surface area contributed by atoms with Crippen molar-refractivity contribution in [3.05, 3.63) is 35.9 Å². The largest absolute Gasteiger partial charge is 0.342 e. The summed E-state index contributed by atoms with van der Waals surface area (Å²) < 4.78 is 23.1. The number of nitrogens with two attached hydrogens (primary N) is 1. The number of nitrogens with zero attached hydrogens (tertiary/aromatic N) is 1. The topological polar surface area (TPSA) is 80.5 Å². The molecule has 0 bridgehead atoms. The Balaban J connectivity index is 1.84. The SMILES string of the molecule is NC(CCC(=O)N1CCCS(=O)(=O)CC1)c1ccccc1. The molecular weight excluding hydrogens is 288 g/mol. The standard InChI is InChI=1S/C15H22N2O3S/c16-14(13-5-2-1-3-6-13)7-8-15(18)17-9-4-11-21(19,20)12-10-17/h1-3,5-6,14H,4,7-12,16H2. The van der Waals surface area contributed by atoms with Gasteiger partial charge in [-0.3, -0.25) is 4.79 Å². The van der Waals surface area contributed by atoms with Crippen LogP contribution < -0.4 is 5.73 Å². The van der Waals surface area contributed by atoms with E-state index in [0.29, 0.717) is 32.4 Å². The Morgan fingerprint density at radius 2 is 1.90 bits per heavy atom. The number of amides is 1. The Labute approximate surface area is 126 Å². The molecule has 1 aromatic carbocycles. The molecule has 1 aromatic rings. The molecule has 6 heteroatoms. The normalized spacial score (nSPS) is 19.8. The first kappa shape index (κ1) is 16.0. The van der Waals surface area contributed by atoms with Crippen LogP contribution in [0, 0.1) is 0 Å². The quantitative estimate of drug-likeness (QED) is 0.903. The molecule has 1 aliphatic rings. The van der Waals surface area contributed by atoms with E-state index in [0.717, 1.165) is 5.56 Å². The molecule has 2 rings (SSSR count). The molecule has 0 saturated carbocycles. The van der Waals surface area contributed by atoms with Crippen LogP contribution >= 0.6 is 0 Å². The number of carbonyl (C=O) groups is 1. The van der Waals surface area contributed by atoms with E-state index in [1.165, 1.54) is 0 Å². The number of carbonyl (C=O) groups excluding carboxylic acids is 1. The zero-order valence-electron chi connectivity index (χ0n) is 12.1. The number of hydrogen-bond donors (Lipinski definition) is 1. The third-order valence-corrected chi connectivity index (χ3v) is 5.52. The summed E-state index contributed by atoms with van der Waals surface area (Å²) in [4.78, 5) is 13.8. The van der Waals surface area contributed by atoms with Gasteiger partial charge >= 0.3 is 0 Å². The van der Waals surface area contributed by atoms with Gasteiger partial charge in [-0.1, -0.05) is 30.3 Å². The van der Waals surface area contributed by atoms with Gasteiger partial charge in [0.15, 0.2) is 9.84 Å². The van der Waals surface area contributed by atoms with Crippen LogP contribution in [0.4, 0.5) is 0 Å². The van der Waals surface area contributed by atoms with E-state index < -0.39 is 9.84 Å². The van der Waals surface area contributed by atoms with Crippen molar-refractivity contribution in [3.8, 4) is 0 Å². The fourth-order valence-electron chi connectivity index (χ4n) is 2.49. The zero-order chi connectivity index (χ0) is 15.3. The molecule has 1 heterocycles. The molecule has 21 heavy (non-hydrogen) atoms. The number of sulfone groups is 1. The van der Waals surface area contributed by atoms with Crippen LogP contribution in [-0.2, 0) is 14.6 Å². The summed E-state index contributed by atoms with van der Waals surface area (Å²) in [5.41, 5.74) is 7.10. The van der Waals surface area contributed by atoms with Crippen LogP contribution in [0.5, 0.6) is 0 Å². The lowest BCUT2D eigenvalue weighted by Gasteiger charge is -2.20. The second-order valence-electron chi connectivity index (χ2n) is 5.44. The Bertz CT molecular complexity index is 572. The van der Waals surface area contributed by atoms with Crippen LogP contribution in [0.15, 0.2) is 30.3 Å². The molecule has 1 fully saturated rings. The molecule has 0 aliphatic carbocycles. The first-order valence-corrected chi connectivity index (χ1v) is 9.09. The van der Waals surface area contributed by atoms with E-state index in [1.807, 2.05) is 30.3 Å². The van der Waals surface area contributed by atoms with E-state index >= 15 is 0 Å². The highest BCUT2D eigenvalue weighted by molar-refractivity contribution is 7.91. The summed E-state index contributed by atoms with van der Waals surface area (Å²) in [5.74, 6) is 0.252. The van der Waals surface area contributed by atoms with Gasteiger partial charge in [0, 0.05) is 25.6 Å². The van der Waals surface area contributed by atoms with Crippen LogP contribution in [0.1, 0.15) is 30.9 Å². The van der Waals surface area contributed by atoms with Crippen molar-refractivity contribution in [1.29, 1.82) is 0 Å². The molecule has 0 spiro atoms. The van der Waals surface area contributed by atoms with Gasteiger partial charge < -0.3 is 10.6 Å². The lowest BCUT2D eigenvalue weighted by Crippen LogP contribution is -2.34. The summed E-state index contributed by atoms with van der Waals surface area (Å²) in [6, 6.07) is 9.53. The minimum atomic E-state index is -2.98. The monoisotopic (exact) mass is 310 g/mol. The minimum absolute atomic E-state index is 0.00141. The molecule has 0 radical (unpaired) electrons. The fourth-order valence-corrected chi connectivity index (χ4v) is 3.76. The van der Waals surface area contributed by atoms with E-state index in [4.69, 9.17) is 5.73 Å². The van der Waals surface area contributed by atoms with Gasteiger partial charge in [0.2, 0.25) is 5.91 Å². The minimum Gasteiger partial charge on any atom is -0.342 e. The molecule has 1 unspecified atom stereocenters. The van der Waals surface area contributed by atoms with Crippen molar-refractivity contribution in [3.63, 3.8) is 0 Å². The molecule has 1 aliphatic heterocycles. The van der Waals surface area contributed by atoms with Gasteiger partial charge in [0.05, 0.1) is 11.5 Å². The van der Waals surface area contributed by atoms with Crippen molar-refractivity contribution in [2.75, 3.05) is 24.6 Å². The lowest BCUT2D eigenvalue weighted by molar-refractivity contribution is -0.131. The van der Waals surface area contributed by atoms with Crippen LogP contribution in [-0.4, -0.2) is 43.8 Å². The van der Waals surface area contributed by atoms with Gasteiger partial charge in [0.1, 0.15) is 0 Å². The van der Waals surface area contributed by atoms with Gasteiger partial charge in [-0.15, -0.1) is 0 Å². The fraction of sp³-hybridized carbons (Fsp3) is 0.533. The van der Waals surface area contributed by atoms with E-state index in [2.05, 4.69) is 0 Å². The highest BCUT2D eigenvalue weighted by Crippen LogP contribution is 2.16.